The van der Waals surface area contributed by atoms with Gasteiger partial charge in [-0.15, -0.1) is 0 Å². The molecule has 1 saturated carbocycles. The van der Waals surface area contributed by atoms with Crippen molar-refractivity contribution in [1.82, 2.24) is 4.90 Å². The van der Waals surface area contributed by atoms with E-state index in [1.807, 2.05) is 0 Å². The number of aliphatic hydroxyl groups is 1. The Bertz CT molecular complexity index is 188. The van der Waals surface area contributed by atoms with Crippen molar-refractivity contribution in [3.63, 3.8) is 0 Å². The van der Waals surface area contributed by atoms with Gasteiger partial charge in [-0.1, -0.05) is 0 Å². The highest BCUT2D eigenvalue weighted by Gasteiger charge is 2.30. The van der Waals surface area contributed by atoms with Crippen LogP contribution in [0.4, 0.5) is 0 Å². The summed E-state index contributed by atoms with van der Waals surface area (Å²) < 4.78 is 5.46. The van der Waals surface area contributed by atoms with E-state index in [1.165, 1.54) is 25.7 Å². The Balaban J connectivity index is 1.63. The first-order valence-corrected chi connectivity index (χ1v) is 6.20. The lowest BCUT2D eigenvalue weighted by molar-refractivity contribution is 0.0322. The zero-order valence-corrected chi connectivity index (χ0v) is 9.69. The normalized spacial score (nSPS) is 29.4. The summed E-state index contributed by atoms with van der Waals surface area (Å²) in [6.07, 6.45) is 4.83. The van der Waals surface area contributed by atoms with Crippen molar-refractivity contribution in [2.45, 2.75) is 31.8 Å². The highest BCUT2D eigenvalue weighted by atomic mass is 16.5. The fourth-order valence-corrected chi connectivity index (χ4v) is 2.42. The maximum Gasteiger partial charge on any atom is 0.0695 e. The monoisotopic (exact) mass is 213 g/mol. The third-order valence-electron chi connectivity index (χ3n) is 3.49. The van der Waals surface area contributed by atoms with Gasteiger partial charge in [0.2, 0.25) is 0 Å². The molecule has 2 aliphatic rings. The standard InChI is InChI=1S/C12H23NO2/c1-13(8-12(14)11-4-5-11)7-10-3-2-6-15-9-10/h10-12,14H,2-9H2,1H3. The second kappa shape index (κ2) is 5.28. The molecule has 15 heavy (non-hydrogen) atoms. The second-order valence-electron chi connectivity index (χ2n) is 5.21. The lowest BCUT2D eigenvalue weighted by Crippen LogP contribution is -2.36. The molecule has 0 aromatic heterocycles. The fourth-order valence-electron chi connectivity index (χ4n) is 2.42. The zero-order chi connectivity index (χ0) is 10.7. The maximum absolute atomic E-state index is 9.82. The number of rotatable bonds is 5. The van der Waals surface area contributed by atoms with Gasteiger partial charge < -0.3 is 14.7 Å². The van der Waals surface area contributed by atoms with Crippen molar-refractivity contribution in [2.75, 3.05) is 33.4 Å². The summed E-state index contributed by atoms with van der Waals surface area (Å²) in [5, 5.41) is 9.82. The number of likely N-dealkylation sites (N-methyl/N-ethyl adjacent to an activating group) is 1. The predicted molar refractivity (Wildman–Crippen MR) is 59.8 cm³/mol. The summed E-state index contributed by atoms with van der Waals surface area (Å²) in [5.41, 5.74) is 0. The van der Waals surface area contributed by atoms with Crippen molar-refractivity contribution in [3.05, 3.63) is 0 Å². The third kappa shape index (κ3) is 3.74. The molecule has 1 aliphatic heterocycles. The Hall–Kier alpha value is -0.120. The van der Waals surface area contributed by atoms with E-state index in [-0.39, 0.29) is 6.10 Å². The quantitative estimate of drug-likeness (QED) is 0.743. The van der Waals surface area contributed by atoms with Gasteiger partial charge in [-0.25, -0.2) is 0 Å². The van der Waals surface area contributed by atoms with Crippen LogP contribution >= 0.6 is 0 Å². The first-order chi connectivity index (χ1) is 7.25. The molecule has 2 unspecified atom stereocenters. The second-order valence-corrected chi connectivity index (χ2v) is 5.21. The molecule has 0 spiro atoms. The molecule has 0 radical (unpaired) electrons. The summed E-state index contributed by atoms with van der Waals surface area (Å²) >= 11 is 0. The van der Waals surface area contributed by atoms with Crippen LogP contribution in [-0.2, 0) is 4.74 Å². The molecule has 0 amide bonds. The van der Waals surface area contributed by atoms with E-state index < -0.39 is 0 Å². The summed E-state index contributed by atoms with van der Waals surface area (Å²) in [4.78, 5) is 2.27. The number of ether oxygens (including phenoxy) is 1. The Kier molecular flexibility index (Phi) is 4.00. The first-order valence-electron chi connectivity index (χ1n) is 6.20. The fraction of sp³-hybridized carbons (Fsp3) is 1.00. The summed E-state index contributed by atoms with van der Waals surface area (Å²) in [5.74, 6) is 1.27. The van der Waals surface area contributed by atoms with Gasteiger partial charge in [0.1, 0.15) is 0 Å². The summed E-state index contributed by atoms with van der Waals surface area (Å²) in [7, 11) is 2.11. The van der Waals surface area contributed by atoms with Gasteiger partial charge >= 0.3 is 0 Å². The third-order valence-corrected chi connectivity index (χ3v) is 3.49. The average Bonchev–Trinajstić information content (AvgIpc) is 3.01. The number of nitrogens with zero attached hydrogens (tertiary/aromatic N) is 1. The minimum absolute atomic E-state index is 0.0977. The van der Waals surface area contributed by atoms with Gasteiger partial charge in [-0.3, -0.25) is 0 Å². The van der Waals surface area contributed by atoms with Gasteiger partial charge in [0, 0.05) is 19.7 Å². The summed E-state index contributed by atoms with van der Waals surface area (Å²) in [6.45, 7) is 3.75. The largest absolute Gasteiger partial charge is 0.392 e. The molecule has 2 fully saturated rings. The van der Waals surface area contributed by atoms with E-state index in [0.717, 1.165) is 26.3 Å². The number of hydrogen-bond donors (Lipinski definition) is 1. The van der Waals surface area contributed by atoms with Crippen LogP contribution in [0.1, 0.15) is 25.7 Å². The molecular formula is C12H23NO2. The molecule has 0 bridgehead atoms. The predicted octanol–water partition coefficient (Wildman–Crippen LogP) is 1.12. The van der Waals surface area contributed by atoms with Gasteiger partial charge in [-0.05, 0) is 44.6 Å². The Morgan fingerprint density at radius 1 is 1.40 bits per heavy atom. The topological polar surface area (TPSA) is 32.7 Å². The van der Waals surface area contributed by atoms with Crippen LogP contribution in [0, 0.1) is 11.8 Å². The molecule has 1 saturated heterocycles. The highest BCUT2D eigenvalue weighted by Crippen LogP contribution is 2.32. The minimum atomic E-state index is -0.0977. The molecule has 2 atom stereocenters. The lowest BCUT2D eigenvalue weighted by atomic mass is 10.0. The van der Waals surface area contributed by atoms with Crippen molar-refractivity contribution < 1.29 is 9.84 Å². The van der Waals surface area contributed by atoms with E-state index >= 15 is 0 Å². The van der Waals surface area contributed by atoms with Crippen molar-refractivity contribution >= 4 is 0 Å². The molecule has 1 N–H and O–H groups in total. The number of hydrogen-bond acceptors (Lipinski definition) is 3. The molecule has 0 aromatic rings. The van der Waals surface area contributed by atoms with Crippen LogP contribution < -0.4 is 0 Å². The molecule has 1 aliphatic carbocycles. The van der Waals surface area contributed by atoms with E-state index in [4.69, 9.17) is 4.74 Å². The van der Waals surface area contributed by atoms with Crippen molar-refractivity contribution in [2.24, 2.45) is 11.8 Å². The smallest absolute Gasteiger partial charge is 0.0695 e. The SMILES string of the molecule is CN(CC1CCCOC1)CC(O)C1CC1. The van der Waals surface area contributed by atoms with Crippen molar-refractivity contribution in [3.8, 4) is 0 Å². The van der Waals surface area contributed by atoms with Crippen LogP contribution in [0.5, 0.6) is 0 Å². The van der Waals surface area contributed by atoms with E-state index in [0.29, 0.717) is 11.8 Å². The van der Waals surface area contributed by atoms with Gasteiger partial charge in [-0.2, -0.15) is 0 Å². The Morgan fingerprint density at radius 3 is 2.80 bits per heavy atom. The van der Waals surface area contributed by atoms with Crippen LogP contribution in [0.25, 0.3) is 0 Å². The molecule has 0 aromatic carbocycles. The van der Waals surface area contributed by atoms with E-state index in [2.05, 4.69) is 11.9 Å². The van der Waals surface area contributed by atoms with Gasteiger partial charge in [0.05, 0.1) is 12.7 Å². The van der Waals surface area contributed by atoms with E-state index in [9.17, 15) is 5.11 Å². The molecule has 1 heterocycles. The van der Waals surface area contributed by atoms with Gasteiger partial charge in [0.15, 0.2) is 0 Å². The minimum Gasteiger partial charge on any atom is -0.392 e. The van der Waals surface area contributed by atoms with Crippen LogP contribution in [0.15, 0.2) is 0 Å². The van der Waals surface area contributed by atoms with Crippen LogP contribution in [0.3, 0.4) is 0 Å². The van der Waals surface area contributed by atoms with Crippen LogP contribution in [-0.4, -0.2) is 49.5 Å². The Morgan fingerprint density at radius 2 is 2.20 bits per heavy atom. The maximum atomic E-state index is 9.82. The van der Waals surface area contributed by atoms with E-state index in [1.54, 1.807) is 0 Å². The molecule has 88 valence electrons. The molecule has 3 nitrogen and oxygen atoms in total. The zero-order valence-electron chi connectivity index (χ0n) is 9.69. The Labute approximate surface area is 92.4 Å². The number of aliphatic hydroxyl groups excluding tert-OH is 1. The van der Waals surface area contributed by atoms with Crippen molar-refractivity contribution in [1.29, 1.82) is 0 Å². The molecule has 2 rings (SSSR count). The van der Waals surface area contributed by atoms with Gasteiger partial charge in [0.25, 0.3) is 0 Å². The average molecular weight is 213 g/mol. The first kappa shape index (κ1) is 11.4. The molecule has 3 heteroatoms. The highest BCUT2D eigenvalue weighted by molar-refractivity contribution is 4.82. The lowest BCUT2D eigenvalue weighted by Gasteiger charge is -2.28. The summed E-state index contributed by atoms with van der Waals surface area (Å²) in [6, 6.07) is 0. The molecular weight excluding hydrogens is 190 g/mol. The van der Waals surface area contributed by atoms with Crippen LogP contribution in [0.2, 0.25) is 0 Å².